The van der Waals surface area contributed by atoms with E-state index in [0.29, 0.717) is 34.9 Å². The number of hydrogen-bond donors (Lipinski definition) is 1. The van der Waals surface area contributed by atoms with Crippen LogP contribution in [0.2, 0.25) is 0 Å². The Labute approximate surface area is 189 Å². The first-order chi connectivity index (χ1) is 15.5. The van der Waals surface area contributed by atoms with Crippen molar-refractivity contribution < 1.29 is 19.0 Å². The van der Waals surface area contributed by atoms with Gasteiger partial charge < -0.3 is 24.4 Å². The zero-order chi connectivity index (χ0) is 22.9. The molecule has 0 aliphatic carbocycles. The highest BCUT2D eigenvalue weighted by Gasteiger charge is 2.25. The molecule has 2 aromatic carbocycles. The van der Waals surface area contributed by atoms with E-state index in [-0.39, 0.29) is 12.7 Å². The summed E-state index contributed by atoms with van der Waals surface area (Å²) in [4.78, 5) is 15.1. The van der Waals surface area contributed by atoms with Gasteiger partial charge in [-0.15, -0.1) is 0 Å². The zero-order valence-corrected chi connectivity index (χ0v) is 19.0. The molecule has 7 nitrogen and oxygen atoms in total. The third-order valence-electron chi connectivity index (χ3n) is 5.36. The van der Waals surface area contributed by atoms with Gasteiger partial charge in [0.1, 0.15) is 17.6 Å². The third-order valence-corrected chi connectivity index (χ3v) is 5.36. The zero-order valence-electron chi connectivity index (χ0n) is 19.0. The maximum absolute atomic E-state index is 12.9. The van der Waals surface area contributed by atoms with E-state index in [1.165, 1.54) is 0 Å². The molecule has 0 saturated carbocycles. The molecule has 7 heteroatoms. The summed E-state index contributed by atoms with van der Waals surface area (Å²) in [6.45, 7) is 6.46. The smallest absolute Gasteiger partial charge is 0.333 e. The number of nitriles is 1. The van der Waals surface area contributed by atoms with Gasteiger partial charge in [-0.1, -0.05) is 0 Å². The first-order valence-corrected chi connectivity index (χ1v) is 11.1. The molecule has 0 amide bonds. The maximum atomic E-state index is 12.9. The number of anilines is 1. The van der Waals surface area contributed by atoms with Gasteiger partial charge in [-0.25, -0.2) is 4.79 Å². The number of nitrogens with one attached hydrogen (secondary N) is 1. The topological polar surface area (TPSA) is 83.8 Å². The second-order valence-electron chi connectivity index (χ2n) is 7.81. The normalized spacial score (nSPS) is 15.4. The van der Waals surface area contributed by atoms with Gasteiger partial charge in [0, 0.05) is 24.8 Å². The molecule has 1 heterocycles. The Morgan fingerprint density at radius 3 is 2.44 bits per heavy atom. The van der Waals surface area contributed by atoms with Gasteiger partial charge >= 0.3 is 5.97 Å². The quantitative estimate of drug-likeness (QED) is 0.590. The van der Waals surface area contributed by atoms with Crippen LogP contribution in [0.4, 0.5) is 5.69 Å². The summed E-state index contributed by atoms with van der Waals surface area (Å²) in [7, 11) is 2.11. The van der Waals surface area contributed by atoms with Crippen LogP contribution >= 0.6 is 0 Å². The van der Waals surface area contributed by atoms with Gasteiger partial charge in [0.25, 0.3) is 0 Å². The molecule has 1 N–H and O–H groups in total. The number of rotatable bonds is 9. The molecule has 170 valence electrons. The molecule has 0 spiro atoms. The molecule has 1 aliphatic rings. The van der Waals surface area contributed by atoms with Gasteiger partial charge in [-0.3, -0.25) is 0 Å². The molecule has 32 heavy (non-hydrogen) atoms. The van der Waals surface area contributed by atoms with Gasteiger partial charge in [-0.05, 0) is 75.7 Å². The van der Waals surface area contributed by atoms with E-state index in [4.69, 9.17) is 19.5 Å². The van der Waals surface area contributed by atoms with Crippen LogP contribution in [0, 0.1) is 11.3 Å². The number of carbonyl (C=O) groups excluding carboxylic acids is 1. The van der Waals surface area contributed by atoms with E-state index < -0.39 is 12.0 Å². The van der Waals surface area contributed by atoms with Crippen LogP contribution in [0.5, 0.6) is 11.5 Å². The number of hydrogen-bond acceptors (Lipinski definition) is 7. The lowest BCUT2D eigenvalue weighted by molar-refractivity contribution is -0.144. The van der Waals surface area contributed by atoms with E-state index in [2.05, 4.69) is 23.3 Å². The summed E-state index contributed by atoms with van der Waals surface area (Å²) in [5, 5.41) is 12.3. The summed E-state index contributed by atoms with van der Waals surface area (Å²) in [5.41, 5.74) is 1.96. The average Bonchev–Trinajstić information content (AvgIpc) is 2.79. The second-order valence-corrected chi connectivity index (χ2v) is 7.81. The standard InChI is InChI=1S/C25H31N3O4/c1-4-30-22-14-19(15-23(16-22)32-21-10-12-28(3)13-11-21)24(25(29)31-5-2)27-20-8-6-18(17-26)7-9-20/h6-9,14-16,21,24,27H,4-5,10-13H2,1-3H3. The Balaban J connectivity index is 1.89. The minimum absolute atomic E-state index is 0.128. The molecule has 0 aromatic heterocycles. The summed E-state index contributed by atoms with van der Waals surface area (Å²) >= 11 is 0. The predicted molar refractivity (Wildman–Crippen MR) is 123 cm³/mol. The summed E-state index contributed by atoms with van der Waals surface area (Å²) in [6, 6.07) is 13.9. The van der Waals surface area contributed by atoms with Crippen LogP contribution in [-0.4, -0.2) is 50.3 Å². The van der Waals surface area contributed by atoms with Crippen LogP contribution in [0.1, 0.15) is 43.9 Å². The van der Waals surface area contributed by atoms with Crippen molar-refractivity contribution in [1.82, 2.24) is 4.90 Å². The summed E-state index contributed by atoms with van der Waals surface area (Å²) in [6.07, 6.45) is 2.04. The summed E-state index contributed by atoms with van der Waals surface area (Å²) in [5.74, 6) is 0.927. The molecule has 1 unspecified atom stereocenters. The Bertz CT molecular complexity index is 931. The number of piperidine rings is 1. The van der Waals surface area contributed by atoms with Crippen molar-refractivity contribution in [2.24, 2.45) is 0 Å². The molecule has 3 rings (SSSR count). The first kappa shape index (κ1) is 23.4. The van der Waals surface area contributed by atoms with Gasteiger partial charge in [0.2, 0.25) is 0 Å². The van der Waals surface area contributed by atoms with Crippen molar-refractivity contribution >= 4 is 11.7 Å². The SMILES string of the molecule is CCOC(=O)C(Nc1ccc(C#N)cc1)c1cc(OCC)cc(OC2CCN(C)CC2)c1. The van der Waals surface area contributed by atoms with Crippen molar-refractivity contribution in [3.8, 4) is 17.6 Å². The highest BCUT2D eigenvalue weighted by Crippen LogP contribution is 2.31. The minimum atomic E-state index is -0.747. The van der Waals surface area contributed by atoms with Crippen LogP contribution in [-0.2, 0) is 9.53 Å². The number of ether oxygens (including phenoxy) is 3. The fourth-order valence-electron chi connectivity index (χ4n) is 3.69. The lowest BCUT2D eigenvalue weighted by atomic mass is 10.0. The molecular weight excluding hydrogens is 406 g/mol. The fourth-order valence-corrected chi connectivity index (χ4v) is 3.69. The second kappa shape index (κ2) is 11.4. The van der Waals surface area contributed by atoms with Gasteiger partial charge in [0.05, 0.1) is 24.8 Å². The Morgan fingerprint density at radius 2 is 1.81 bits per heavy atom. The highest BCUT2D eigenvalue weighted by atomic mass is 16.5. The van der Waals surface area contributed by atoms with Crippen molar-refractivity contribution in [3.05, 3.63) is 53.6 Å². The number of likely N-dealkylation sites (tertiary alicyclic amines) is 1. The highest BCUT2D eigenvalue weighted by molar-refractivity contribution is 5.81. The fraction of sp³-hybridized carbons (Fsp3) is 0.440. The average molecular weight is 438 g/mol. The number of carbonyl (C=O) groups is 1. The molecule has 1 aliphatic heterocycles. The monoisotopic (exact) mass is 437 g/mol. The lowest BCUT2D eigenvalue weighted by Gasteiger charge is -2.29. The van der Waals surface area contributed by atoms with Crippen LogP contribution < -0.4 is 14.8 Å². The van der Waals surface area contributed by atoms with E-state index in [1.54, 1.807) is 31.2 Å². The van der Waals surface area contributed by atoms with Crippen molar-refractivity contribution in [2.45, 2.75) is 38.8 Å². The molecule has 0 bridgehead atoms. The molecule has 1 saturated heterocycles. The van der Waals surface area contributed by atoms with E-state index in [0.717, 1.165) is 25.9 Å². The number of esters is 1. The minimum Gasteiger partial charge on any atom is -0.494 e. The van der Waals surface area contributed by atoms with Gasteiger partial charge in [-0.2, -0.15) is 5.26 Å². The predicted octanol–water partition coefficient (Wildman–Crippen LogP) is 4.15. The maximum Gasteiger partial charge on any atom is 0.333 e. The third kappa shape index (κ3) is 6.38. The lowest BCUT2D eigenvalue weighted by Crippen LogP contribution is -2.35. The summed E-state index contributed by atoms with van der Waals surface area (Å²) < 4.78 is 17.4. The van der Waals surface area contributed by atoms with E-state index in [1.807, 2.05) is 25.1 Å². The van der Waals surface area contributed by atoms with E-state index >= 15 is 0 Å². The molecule has 1 fully saturated rings. The van der Waals surface area contributed by atoms with Gasteiger partial charge in [0.15, 0.2) is 6.04 Å². The number of benzene rings is 2. The Morgan fingerprint density at radius 1 is 1.12 bits per heavy atom. The number of nitrogens with zero attached hydrogens (tertiary/aromatic N) is 2. The Hall–Kier alpha value is -3.24. The molecule has 2 aromatic rings. The van der Waals surface area contributed by atoms with Crippen molar-refractivity contribution in [3.63, 3.8) is 0 Å². The first-order valence-electron chi connectivity index (χ1n) is 11.1. The van der Waals surface area contributed by atoms with E-state index in [9.17, 15) is 4.79 Å². The van der Waals surface area contributed by atoms with Crippen molar-refractivity contribution in [2.75, 3.05) is 38.7 Å². The van der Waals surface area contributed by atoms with Crippen molar-refractivity contribution in [1.29, 1.82) is 5.26 Å². The van der Waals surface area contributed by atoms with Crippen LogP contribution in [0.25, 0.3) is 0 Å². The van der Waals surface area contributed by atoms with Crippen LogP contribution in [0.3, 0.4) is 0 Å². The molecule has 1 atom stereocenters. The molecular formula is C25H31N3O4. The Kier molecular flexibility index (Phi) is 8.34. The molecule has 0 radical (unpaired) electrons. The largest absolute Gasteiger partial charge is 0.494 e. The van der Waals surface area contributed by atoms with Crippen LogP contribution in [0.15, 0.2) is 42.5 Å².